The lowest BCUT2D eigenvalue weighted by Crippen LogP contribution is -2.08. The molecule has 0 atom stereocenters. The van der Waals surface area contributed by atoms with Crippen LogP contribution < -0.4 is 4.74 Å². The number of carboxylic acid groups (broad SMARTS) is 1. The molecule has 0 spiro atoms. The minimum atomic E-state index is -3.10. The number of hydrogen-bond acceptors (Lipinski definition) is 4. The van der Waals surface area contributed by atoms with Crippen LogP contribution in [0.1, 0.15) is 11.1 Å². The molecule has 1 aromatic rings. The van der Waals surface area contributed by atoms with Crippen LogP contribution in [0.5, 0.6) is 5.75 Å². The van der Waals surface area contributed by atoms with Gasteiger partial charge in [-0.2, -0.15) is 8.78 Å². The summed E-state index contributed by atoms with van der Waals surface area (Å²) in [5.74, 6) is -1.62. The summed E-state index contributed by atoms with van der Waals surface area (Å²) in [5, 5.41) is 19.4. The van der Waals surface area contributed by atoms with Gasteiger partial charge in [-0.05, 0) is 18.6 Å². The van der Waals surface area contributed by atoms with Gasteiger partial charge in [0.1, 0.15) is 5.75 Å². The Bertz CT molecular complexity index is 489. The van der Waals surface area contributed by atoms with Gasteiger partial charge in [0.25, 0.3) is 5.69 Å². The van der Waals surface area contributed by atoms with Crippen molar-refractivity contribution in [1.82, 2.24) is 0 Å². The predicted octanol–water partition coefficient (Wildman–Crippen LogP) is 2.13. The number of carboxylic acids is 1. The van der Waals surface area contributed by atoms with Crippen molar-refractivity contribution in [2.45, 2.75) is 20.0 Å². The molecule has 1 N–H and O–H groups in total. The summed E-state index contributed by atoms with van der Waals surface area (Å²) in [6.45, 7) is -1.71. The van der Waals surface area contributed by atoms with Gasteiger partial charge < -0.3 is 9.84 Å². The van der Waals surface area contributed by atoms with Crippen LogP contribution in [0.15, 0.2) is 12.1 Å². The average molecular weight is 261 g/mol. The maximum absolute atomic E-state index is 12.0. The first-order chi connectivity index (χ1) is 8.31. The molecule has 0 fully saturated rings. The summed E-state index contributed by atoms with van der Waals surface area (Å²) < 4.78 is 28.1. The maximum Gasteiger partial charge on any atom is 0.387 e. The second kappa shape index (κ2) is 5.39. The lowest BCUT2D eigenvalue weighted by Gasteiger charge is -2.09. The van der Waals surface area contributed by atoms with Crippen LogP contribution in [0.4, 0.5) is 14.5 Å². The van der Waals surface area contributed by atoms with E-state index in [1.807, 2.05) is 0 Å². The molecule has 0 heterocycles. The molecule has 18 heavy (non-hydrogen) atoms. The van der Waals surface area contributed by atoms with E-state index in [1.165, 1.54) is 6.92 Å². The van der Waals surface area contributed by atoms with Crippen molar-refractivity contribution >= 4 is 11.7 Å². The number of nitrogens with zero attached hydrogens (tertiary/aromatic N) is 1. The molecule has 0 aromatic heterocycles. The van der Waals surface area contributed by atoms with Crippen molar-refractivity contribution in [3.63, 3.8) is 0 Å². The van der Waals surface area contributed by atoms with Crippen molar-refractivity contribution in [1.29, 1.82) is 0 Å². The fourth-order valence-corrected chi connectivity index (χ4v) is 1.48. The molecule has 0 bridgehead atoms. The van der Waals surface area contributed by atoms with E-state index in [4.69, 9.17) is 5.11 Å². The van der Waals surface area contributed by atoms with Gasteiger partial charge in [0.2, 0.25) is 0 Å². The number of aryl methyl sites for hydroxylation is 1. The van der Waals surface area contributed by atoms with Crippen LogP contribution in [0.3, 0.4) is 0 Å². The summed E-state index contributed by atoms with van der Waals surface area (Å²) in [6, 6.07) is 1.93. The second-order valence-electron chi connectivity index (χ2n) is 3.44. The standard InChI is InChI=1S/C10H9F2NO5/c1-5-2-6(18-10(11)12)3-8(13(16)17)7(5)4-9(14)15/h2-3,10H,4H2,1H3,(H,14,15). The lowest BCUT2D eigenvalue weighted by molar-refractivity contribution is -0.385. The zero-order chi connectivity index (χ0) is 13.9. The van der Waals surface area contributed by atoms with E-state index < -0.39 is 29.6 Å². The van der Waals surface area contributed by atoms with E-state index in [9.17, 15) is 23.7 Å². The number of nitro groups is 1. The van der Waals surface area contributed by atoms with E-state index >= 15 is 0 Å². The van der Waals surface area contributed by atoms with E-state index in [-0.39, 0.29) is 16.9 Å². The summed E-state index contributed by atoms with van der Waals surface area (Å²) in [4.78, 5) is 20.5. The molecule has 0 unspecified atom stereocenters. The predicted molar refractivity (Wildman–Crippen MR) is 55.8 cm³/mol. The molecule has 8 heteroatoms. The fraction of sp³-hybridized carbons (Fsp3) is 0.300. The summed E-state index contributed by atoms with van der Waals surface area (Å²) in [6.07, 6.45) is -0.558. The minimum absolute atomic E-state index is 0.0332. The largest absolute Gasteiger partial charge is 0.481 e. The number of ether oxygens (including phenoxy) is 1. The number of nitro benzene ring substituents is 1. The Balaban J connectivity index is 3.26. The SMILES string of the molecule is Cc1cc(OC(F)F)cc([N+](=O)[O-])c1CC(=O)O. The van der Waals surface area contributed by atoms with Crippen LogP contribution in [-0.2, 0) is 11.2 Å². The number of alkyl halides is 2. The first-order valence-electron chi connectivity index (χ1n) is 4.75. The highest BCUT2D eigenvalue weighted by molar-refractivity contribution is 5.73. The molecule has 1 rings (SSSR count). The van der Waals surface area contributed by atoms with Crippen molar-refractivity contribution < 1.29 is 28.3 Å². The molecule has 0 radical (unpaired) electrons. The van der Waals surface area contributed by atoms with E-state index in [0.29, 0.717) is 0 Å². The van der Waals surface area contributed by atoms with Gasteiger partial charge in [-0.1, -0.05) is 0 Å². The van der Waals surface area contributed by atoms with Crippen LogP contribution in [0.25, 0.3) is 0 Å². The minimum Gasteiger partial charge on any atom is -0.481 e. The van der Waals surface area contributed by atoms with Gasteiger partial charge in [0.05, 0.1) is 17.4 Å². The van der Waals surface area contributed by atoms with Crippen molar-refractivity contribution in [3.05, 3.63) is 33.4 Å². The molecule has 98 valence electrons. The summed E-state index contributed by atoms with van der Waals surface area (Å²) in [5.41, 5.74) is -0.371. The van der Waals surface area contributed by atoms with E-state index in [0.717, 1.165) is 12.1 Å². The van der Waals surface area contributed by atoms with Gasteiger partial charge in [-0.25, -0.2) is 0 Å². The zero-order valence-corrected chi connectivity index (χ0v) is 9.22. The number of aliphatic carboxylic acids is 1. The third kappa shape index (κ3) is 3.37. The number of carbonyl (C=O) groups is 1. The third-order valence-electron chi connectivity index (χ3n) is 2.17. The van der Waals surface area contributed by atoms with E-state index in [1.54, 1.807) is 0 Å². The Morgan fingerprint density at radius 2 is 2.17 bits per heavy atom. The number of rotatable bonds is 5. The van der Waals surface area contributed by atoms with Crippen molar-refractivity contribution in [2.75, 3.05) is 0 Å². The smallest absolute Gasteiger partial charge is 0.387 e. The zero-order valence-electron chi connectivity index (χ0n) is 9.22. The topological polar surface area (TPSA) is 89.7 Å². The molecule has 6 nitrogen and oxygen atoms in total. The maximum atomic E-state index is 12.0. The normalized spacial score (nSPS) is 10.4. The molecule has 0 aliphatic carbocycles. The lowest BCUT2D eigenvalue weighted by atomic mass is 10.0. The van der Waals surface area contributed by atoms with Crippen LogP contribution in [0.2, 0.25) is 0 Å². The Labute approximate surface area is 99.9 Å². The summed E-state index contributed by atoms with van der Waals surface area (Å²) in [7, 11) is 0. The molecule has 0 aliphatic rings. The highest BCUT2D eigenvalue weighted by atomic mass is 19.3. The molecular weight excluding hydrogens is 252 g/mol. The first kappa shape index (κ1) is 13.8. The Morgan fingerprint density at radius 3 is 2.61 bits per heavy atom. The van der Waals surface area contributed by atoms with Gasteiger partial charge in [0, 0.05) is 5.56 Å². The van der Waals surface area contributed by atoms with Crippen molar-refractivity contribution in [2.24, 2.45) is 0 Å². The van der Waals surface area contributed by atoms with Crippen LogP contribution in [0, 0.1) is 17.0 Å². The number of hydrogen-bond donors (Lipinski definition) is 1. The Kier molecular flexibility index (Phi) is 4.13. The van der Waals surface area contributed by atoms with Crippen LogP contribution >= 0.6 is 0 Å². The molecular formula is C10H9F2NO5. The Morgan fingerprint density at radius 1 is 1.56 bits per heavy atom. The second-order valence-corrected chi connectivity index (χ2v) is 3.44. The monoisotopic (exact) mass is 261 g/mol. The quantitative estimate of drug-likeness (QED) is 0.647. The molecule has 1 aromatic carbocycles. The highest BCUT2D eigenvalue weighted by Gasteiger charge is 2.21. The Hall–Kier alpha value is -2.25. The van der Waals surface area contributed by atoms with Crippen LogP contribution in [-0.4, -0.2) is 22.6 Å². The molecule has 0 amide bonds. The molecule has 0 saturated heterocycles. The van der Waals surface area contributed by atoms with Crippen molar-refractivity contribution in [3.8, 4) is 5.75 Å². The fourth-order valence-electron chi connectivity index (χ4n) is 1.48. The number of halogens is 2. The van der Waals surface area contributed by atoms with Gasteiger partial charge in [0.15, 0.2) is 0 Å². The first-order valence-corrected chi connectivity index (χ1v) is 4.75. The average Bonchev–Trinajstić information content (AvgIpc) is 2.19. The van der Waals surface area contributed by atoms with E-state index in [2.05, 4.69) is 4.74 Å². The van der Waals surface area contributed by atoms with Gasteiger partial charge in [-0.15, -0.1) is 0 Å². The molecule has 0 aliphatic heterocycles. The van der Waals surface area contributed by atoms with Gasteiger partial charge in [-0.3, -0.25) is 14.9 Å². The number of benzene rings is 1. The summed E-state index contributed by atoms with van der Waals surface area (Å²) >= 11 is 0. The highest BCUT2D eigenvalue weighted by Crippen LogP contribution is 2.29. The van der Waals surface area contributed by atoms with Gasteiger partial charge >= 0.3 is 12.6 Å². The third-order valence-corrected chi connectivity index (χ3v) is 2.17. The molecule has 0 saturated carbocycles.